The lowest BCUT2D eigenvalue weighted by Gasteiger charge is -2.32. The largest absolute Gasteiger partial charge is 0.496 e. The van der Waals surface area contributed by atoms with Crippen LogP contribution in [0.2, 0.25) is 0 Å². The molecule has 1 aromatic carbocycles. The SMILES string of the molecule is CCOC(=O)c1cnc2c(cnn2C)c1N1CCc2c(cccc2OC)C1. The number of aryl methyl sites for hydroxylation is 1. The standard InChI is InChI=1S/C20H22N4O3/c1-4-27-20(25)16-10-21-19-15(11-22-23(19)2)18(16)24-9-8-14-13(12-24)6-5-7-17(14)26-3/h5-7,10-11H,4,8-9,12H2,1-3H3. The van der Waals surface area contributed by atoms with Crippen LogP contribution in [0.3, 0.4) is 0 Å². The Balaban J connectivity index is 1.82. The Kier molecular flexibility index (Phi) is 4.43. The number of carbonyl (C=O) groups is 1. The van der Waals surface area contributed by atoms with Crippen molar-refractivity contribution in [2.75, 3.05) is 25.2 Å². The smallest absolute Gasteiger partial charge is 0.341 e. The van der Waals surface area contributed by atoms with E-state index in [4.69, 9.17) is 9.47 Å². The minimum atomic E-state index is -0.359. The molecule has 0 N–H and O–H groups in total. The average molecular weight is 366 g/mol. The molecule has 7 heteroatoms. The molecule has 0 unspecified atom stereocenters. The molecule has 1 aliphatic heterocycles. The summed E-state index contributed by atoms with van der Waals surface area (Å²) in [5, 5.41) is 5.18. The van der Waals surface area contributed by atoms with Crippen molar-refractivity contribution in [3.63, 3.8) is 0 Å². The molecule has 0 radical (unpaired) electrons. The summed E-state index contributed by atoms with van der Waals surface area (Å²) in [5.41, 5.74) is 4.48. The summed E-state index contributed by atoms with van der Waals surface area (Å²) in [4.78, 5) is 19.2. The molecule has 0 fully saturated rings. The van der Waals surface area contributed by atoms with Crippen molar-refractivity contribution in [1.82, 2.24) is 14.8 Å². The number of methoxy groups -OCH3 is 1. The molecule has 27 heavy (non-hydrogen) atoms. The van der Waals surface area contributed by atoms with Crippen LogP contribution in [-0.4, -0.2) is 41.0 Å². The van der Waals surface area contributed by atoms with E-state index in [0.717, 1.165) is 35.4 Å². The monoisotopic (exact) mass is 366 g/mol. The maximum Gasteiger partial charge on any atom is 0.341 e. The van der Waals surface area contributed by atoms with Gasteiger partial charge in [0.2, 0.25) is 0 Å². The molecule has 1 aliphatic rings. The van der Waals surface area contributed by atoms with Crippen LogP contribution in [0, 0.1) is 0 Å². The number of hydrogen-bond acceptors (Lipinski definition) is 6. The third-order valence-corrected chi connectivity index (χ3v) is 4.99. The molecule has 0 atom stereocenters. The van der Waals surface area contributed by atoms with Gasteiger partial charge in [-0.3, -0.25) is 4.68 Å². The van der Waals surface area contributed by atoms with Gasteiger partial charge in [-0.05, 0) is 25.0 Å². The fourth-order valence-corrected chi connectivity index (χ4v) is 3.74. The number of anilines is 1. The number of fused-ring (bicyclic) bond motifs is 2. The van der Waals surface area contributed by atoms with Crippen molar-refractivity contribution in [3.05, 3.63) is 47.3 Å². The van der Waals surface area contributed by atoms with Gasteiger partial charge in [0, 0.05) is 31.9 Å². The van der Waals surface area contributed by atoms with Crippen LogP contribution in [0.5, 0.6) is 5.75 Å². The van der Waals surface area contributed by atoms with E-state index in [0.29, 0.717) is 18.7 Å². The van der Waals surface area contributed by atoms with Crippen molar-refractivity contribution < 1.29 is 14.3 Å². The lowest BCUT2D eigenvalue weighted by molar-refractivity contribution is 0.0526. The van der Waals surface area contributed by atoms with E-state index < -0.39 is 0 Å². The zero-order valence-corrected chi connectivity index (χ0v) is 15.7. The average Bonchev–Trinajstić information content (AvgIpc) is 3.07. The van der Waals surface area contributed by atoms with Crippen LogP contribution in [0.1, 0.15) is 28.4 Å². The maximum atomic E-state index is 12.6. The maximum absolute atomic E-state index is 12.6. The first-order chi connectivity index (χ1) is 13.1. The number of hydrogen-bond donors (Lipinski definition) is 0. The molecule has 0 amide bonds. The molecule has 3 heterocycles. The third kappa shape index (κ3) is 2.89. The highest BCUT2D eigenvalue weighted by molar-refractivity contribution is 6.04. The predicted octanol–water partition coefficient (Wildman–Crippen LogP) is 2.72. The molecule has 0 saturated carbocycles. The fourth-order valence-electron chi connectivity index (χ4n) is 3.74. The van der Waals surface area contributed by atoms with Crippen molar-refractivity contribution in [3.8, 4) is 5.75 Å². The molecule has 0 spiro atoms. The molecular weight excluding hydrogens is 344 g/mol. The van der Waals surface area contributed by atoms with E-state index in [-0.39, 0.29) is 5.97 Å². The van der Waals surface area contributed by atoms with E-state index in [1.54, 1.807) is 31.1 Å². The zero-order valence-electron chi connectivity index (χ0n) is 15.7. The summed E-state index contributed by atoms with van der Waals surface area (Å²) in [7, 11) is 3.54. The van der Waals surface area contributed by atoms with Gasteiger partial charge in [0.05, 0.1) is 31.0 Å². The first kappa shape index (κ1) is 17.3. The van der Waals surface area contributed by atoms with Crippen molar-refractivity contribution in [1.29, 1.82) is 0 Å². The van der Waals surface area contributed by atoms with Gasteiger partial charge in [-0.15, -0.1) is 0 Å². The zero-order chi connectivity index (χ0) is 19.0. The number of ether oxygens (including phenoxy) is 2. The van der Waals surface area contributed by atoms with Gasteiger partial charge < -0.3 is 14.4 Å². The van der Waals surface area contributed by atoms with Gasteiger partial charge >= 0.3 is 5.97 Å². The minimum absolute atomic E-state index is 0.323. The summed E-state index contributed by atoms with van der Waals surface area (Å²) in [6.45, 7) is 3.58. The van der Waals surface area contributed by atoms with Crippen LogP contribution in [0.15, 0.2) is 30.6 Å². The van der Waals surface area contributed by atoms with Gasteiger partial charge in [-0.25, -0.2) is 9.78 Å². The number of aromatic nitrogens is 3. The van der Waals surface area contributed by atoms with Gasteiger partial charge in [0.25, 0.3) is 0 Å². The molecule has 0 bridgehead atoms. The highest BCUT2D eigenvalue weighted by Gasteiger charge is 2.27. The van der Waals surface area contributed by atoms with Crippen LogP contribution in [-0.2, 0) is 24.8 Å². The topological polar surface area (TPSA) is 69.5 Å². The molecule has 7 nitrogen and oxygen atoms in total. The number of carbonyl (C=O) groups excluding carboxylic acids is 1. The van der Waals surface area contributed by atoms with Crippen LogP contribution in [0.25, 0.3) is 11.0 Å². The van der Waals surface area contributed by atoms with Gasteiger partial charge in [-0.2, -0.15) is 5.10 Å². The highest BCUT2D eigenvalue weighted by atomic mass is 16.5. The summed E-state index contributed by atoms with van der Waals surface area (Å²) in [6.07, 6.45) is 4.20. The number of rotatable bonds is 4. The number of esters is 1. The van der Waals surface area contributed by atoms with E-state index in [1.165, 1.54) is 11.1 Å². The Morgan fingerprint density at radius 3 is 2.93 bits per heavy atom. The minimum Gasteiger partial charge on any atom is -0.496 e. The summed E-state index contributed by atoms with van der Waals surface area (Å²) in [6, 6.07) is 6.10. The summed E-state index contributed by atoms with van der Waals surface area (Å²) in [5.74, 6) is 0.557. The Morgan fingerprint density at radius 2 is 2.15 bits per heavy atom. The Hall–Kier alpha value is -3.09. The quantitative estimate of drug-likeness (QED) is 0.661. The van der Waals surface area contributed by atoms with E-state index in [2.05, 4.69) is 21.0 Å². The Labute approximate surface area is 157 Å². The molecule has 0 aliphatic carbocycles. The molecule has 3 aromatic rings. The molecule has 0 saturated heterocycles. The van der Waals surface area contributed by atoms with Crippen LogP contribution < -0.4 is 9.64 Å². The lowest BCUT2D eigenvalue weighted by atomic mass is 9.97. The third-order valence-electron chi connectivity index (χ3n) is 4.99. The highest BCUT2D eigenvalue weighted by Crippen LogP contribution is 2.35. The van der Waals surface area contributed by atoms with Gasteiger partial charge in [0.1, 0.15) is 11.3 Å². The Morgan fingerprint density at radius 1 is 1.30 bits per heavy atom. The first-order valence-electron chi connectivity index (χ1n) is 9.01. The van der Waals surface area contributed by atoms with Crippen molar-refractivity contribution >= 4 is 22.7 Å². The number of nitrogens with zero attached hydrogens (tertiary/aromatic N) is 4. The van der Waals surface area contributed by atoms with Crippen LogP contribution in [0.4, 0.5) is 5.69 Å². The fraction of sp³-hybridized carbons (Fsp3) is 0.350. The van der Waals surface area contributed by atoms with Gasteiger partial charge in [0.15, 0.2) is 5.65 Å². The summed E-state index contributed by atoms with van der Waals surface area (Å²) >= 11 is 0. The van der Waals surface area contributed by atoms with Crippen LogP contribution >= 0.6 is 0 Å². The molecular formula is C20H22N4O3. The number of benzene rings is 1. The van der Waals surface area contributed by atoms with E-state index >= 15 is 0 Å². The van der Waals surface area contributed by atoms with Gasteiger partial charge in [-0.1, -0.05) is 12.1 Å². The predicted molar refractivity (Wildman–Crippen MR) is 102 cm³/mol. The van der Waals surface area contributed by atoms with E-state index in [1.807, 2.05) is 19.2 Å². The first-order valence-corrected chi connectivity index (χ1v) is 9.01. The second-order valence-electron chi connectivity index (χ2n) is 6.52. The molecule has 2 aromatic heterocycles. The van der Waals surface area contributed by atoms with Crippen molar-refractivity contribution in [2.24, 2.45) is 7.05 Å². The Bertz CT molecular complexity index is 1010. The second kappa shape index (κ2) is 6.90. The lowest BCUT2D eigenvalue weighted by Crippen LogP contribution is -2.32. The number of pyridine rings is 1. The summed E-state index contributed by atoms with van der Waals surface area (Å²) < 4.78 is 12.5. The normalized spacial score (nSPS) is 13.5. The van der Waals surface area contributed by atoms with Crippen molar-refractivity contribution in [2.45, 2.75) is 19.9 Å². The molecule has 4 rings (SSSR count). The molecule has 140 valence electrons. The second-order valence-corrected chi connectivity index (χ2v) is 6.52. The van der Waals surface area contributed by atoms with E-state index in [9.17, 15) is 4.79 Å².